The number of ether oxygens (including phenoxy) is 1. The van der Waals surface area contributed by atoms with Crippen molar-refractivity contribution in [1.29, 1.82) is 0 Å². The normalized spacial score (nSPS) is 11.0. The lowest BCUT2D eigenvalue weighted by Gasteiger charge is -2.30. The zero-order chi connectivity index (χ0) is 18.4. The van der Waals surface area contributed by atoms with Crippen molar-refractivity contribution in [1.82, 2.24) is 19.9 Å². The summed E-state index contributed by atoms with van der Waals surface area (Å²) in [7, 11) is 0. The predicted molar refractivity (Wildman–Crippen MR) is 93.0 cm³/mol. The highest BCUT2D eigenvalue weighted by Crippen LogP contribution is 2.07. The molecule has 1 amide bonds. The molecule has 25 heavy (non-hydrogen) atoms. The molecule has 0 saturated heterocycles. The van der Waals surface area contributed by atoms with Crippen LogP contribution in [0.25, 0.3) is 0 Å². The Labute approximate surface area is 147 Å². The van der Waals surface area contributed by atoms with Gasteiger partial charge in [0.05, 0.1) is 12.7 Å². The molecule has 1 aromatic carbocycles. The van der Waals surface area contributed by atoms with Gasteiger partial charge in [-0.05, 0) is 33.3 Å². The largest absolute Gasteiger partial charge is 0.451 e. The van der Waals surface area contributed by atoms with Gasteiger partial charge in [-0.15, -0.1) is 5.10 Å². The van der Waals surface area contributed by atoms with E-state index >= 15 is 0 Å². The van der Waals surface area contributed by atoms with Crippen molar-refractivity contribution in [3.8, 4) is 0 Å². The third-order valence-corrected chi connectivity index (χ3v) is 3.66. The highest BCUT2D eigenvalue weighted by Gasteiger charge is 2.22. The highest BCUT2D eigenvalue weighted by atomic mass is 16.5. The first-order valence-corrected chi connectivity index (χ1v) is 8.30. The second-order valence-electron chi connectivity index (χ2n) is 6.35. The van der Waals surface area contributed by atoms with Gasteiger partial charge in [0.1, 0.15) is 0 Å². The van der Waals surface area contributed by atoms with Gasteiger partial charge in [-0.3, -0.25) is 4.79 Å². The minimum absolute atomic E-state index is 0.0398. The average Bonchev–Trinajstić information content (AvgIpc) is 3.01. The Bertz CT molecular complexity index is 702. The second-order valence-corrected chi connectivity index (χ2v) is 6.35. The maximum Gasteiger partial charge on any atom is 0.361 e. The number of nitrogens with zero attached hydrogens (tertiary/aromatic N) is 4. The van der Waals surface area contributed by atoms with Gasteiger partial charge >= 0.3 is 5.97 Å². The molecule has 0 aliphatic rings. The van der Waals surface area contributed by atoms with Gasteiger partial charge in [0, 0.05) is 12.1 Å². The Hall–Kier alpha value is -2.70. The van der Waals surface area contributed by atoms with Crippen LogP contribution < -0.4 is 0 Å². The minimum Gasteiger partial charge on any atom is -0.451 e. The standard InChI is InChI=1S/C18H24N4O3/c1-13(2)22(14(3)4)17(23)12-25-18(24)16-11-21(20-19-16)10-15-8-6-5-7-9-15/h5-9,11,13-14H,10,12H2,1-4H3. The molecule has 134 valence electrons. The quantitative estimate of drug-likeness (QED) is 0.719. The molecule has 0 spiro atoms. The van der Waals surface area contributed by atoms with Gasteiger partial charge in [-0.2, -0.15) is 0 Å². The molecule has 0 radical (unpaired) electrons. The van der Waals surface area contributed by atoms with E-state index in [9.17, 15) is 9.59 Å². The van der Waals surface area contributed by atoms with Crippen LogP contribution >= 0.6 is 0 Å². The van der Waals surface area contributed by atoms with Crippen molar-refractivity contribution in [2.24, 2.45) is 0 Å². The molecule has 7 nitrogen and oxygen atoms in total. The lowest BCUT2D eigenvalue weighted by molar-refractivity contribution is -0.138. The van der Waals surface area contributed by atoms with E-state index in [0.717, 1.165) is 5.56 Å². The molecule has 0 aliphatic heterocycles. The molecule has 1 heterocycles. The fourth-order valence-electron chi connectivity index (χ4n) is 2.69. The second kappa shape index (κ2) is 8.41. The smallest absolute Gasteiger partial charge is 0.361 e. The van der Waals surface area contributed by atoms with Crippen LogP contribution in [0.2, 0.25) is 0 Å². The number of hydrogen-bond acceptors (Lipinski definition) is 5. The van der Waals surface area contributed by atoms with E-state index in [1.807, 2.05) is 58.0 Å². The van der Waals surface area contributed by atoms with E-state index in [1.54, 1.807) is 9.58 Å². The molecule has 0 aliphatic carbocycles. The Morgan fingerprint density at radius 2 is 1.76 bits per heavy atom. The SMILES string of the molecule is CC(C)N(C(=O)COC(=O)c1cn(Cc2ccccc2)nn1)C(C)C. The van der Waals surface area contributed by atoms with Crippen LogP contribution in [0.1, 0.15) is 43.7 Å². The van der Waals surface area contributed by atoms with Gasteiger partial charge < -0.3 is 9.64 Å². The van der Waals surface area contributed by atoms with Crippen LogP contribution in [0.4, 0.5) is 0 Å². The number of carbonyl (C=O) groups excluding carboxylic acids is 2. The molecule has 0 N–H and O–H groups in total. The molecule has 0 saturated carbocycles. The molecular formula is C18H24N4O3. The summed E-state index contributed by atoms with van der Waals surface area (Å²) in [5, 5.41) is 7.74. The maximum absolute atomic E-state index is 12.2. The van der Waals surface area contributed by atoms with Crippen molar-refractivity contribution in [2.75, 3.05) is 6.61 Å². The summed E-state index contributed by atoms with van der Waals surface area (Å²) >= 11 is 0. The first-order valence-electron chi connectivity index (χ1n) is 8.30. The topological polar surface area (TPSA) is 77.3 Å². The van der Waals surface area contributed by atoms with Crippen LogP contribution in [-0.2, 0) is 16.1 Å². The van der Waals surface area contributed by atoms with E-state index in [2.05, 4.69) is 10.3 Å². The summed E-state index contributed by atoms with van der Waals surface area (Å²) in [6, 6.07) is 9.80. The Morgan fingerprint density at radius 1 is 1.12 bits per heavy atom. The summed E-state index contributed by atoms with van der Waals surface area (Å²) in [5.41, 5.74) is 1.14. The van der Waals surface area contributed by atoms with Crippen molar-refractivity contribution in [3.05, 3.63) is 47.8 Å². The van der Waals surface area contributed by atoms with Crippen LogP contribution in [0.15, 0.2) is 36.5 Å². The molecule has 7 heteroatoms. The number of amides is 1. The minimum atomic E-state index is -0.653. The number of hydrogen-bond donors (Lipinski definition) is 0. The van der Waals surface area contributed by atoms with Gasteiger partial charge in [0.15, 0.2) is 12.3 Å². The first-order chi connectivity index (χ1) is 11.9. The van der Waals surface area contributed by atoms with E-state index in [4.69, 9.17) is 4.74 Å². The summed E-state index contributed by atoms with van der Waals surface area (Å²) in [5.74, 6) is -0.879. The van der Waals surface area contributed by atoms with E-state index < -0.39 is 5.97 Å². The Morgan fingerprint density at radius 3 is 2.36 bits per heavy atom. The third kappa shape index (κ3) is 5.14. The fourth-order valence-corrected chi connectivity index (χ4v) is 2.69. The molecule has 2 rings (SSSR count). The number of aromatic nitrogens is 3. The maximum atomic E-state index is 12.2. The van der Waals surface area contributed by atoms with Crippen molar-refractivity contribution in [2.45, 2.75) is 46.3 Å². The molecule has 0 bridgehead atoms. The van der Waals surface area contributed by atoms with Crippen LogP contribution in [0, 0.1) is 0 Å². The summed E-state index contributed by atoms with van der Waals surface area (Å²) < 4.78 is 6.65. The summed E-state index contributed by atoms with van der Waals surface area (Å²) in [6.07, 6.45) is 1.52. The molecule has 1 aromatic heterocycles. The Kier molecular flexibility index (Phi) is 6.27. The number of esters is 1. The number of carbonyl (C=O) groups is 2. The van der Waals surface area contributed by atoms with Crippen LogP contribution in [-0.4, -0.2) is 50.5 Å². The third-order valence-electron chi connectivity index (χ3n) is 3.66. The molecule has 0 atom stereocenters. The van der Waals surface area contributed by atoms with Crippen molar-refractivity contribution >= 4 is 11.9 Å². The van der Waals surface area contributed by atoms with Gasteiger partial charge in [0.2, 0.25) is 0 Å². The summed E-state index contributed by atoms with van der Waals surface area (Å²) in [6.45, 7) is 7.91. The lowest BCUT2D eigenvalue weighted by Crippen LogP contribution is -2.44. The number of rotatable bonds is 7. The molecule has 0 unspecified atom stereocenters. The van der Waals surface area contributed by atoms with Gasteiger partial charge in [-0.1, -0.05) is 35.5 Å². The van der Waals surface area contributed by atoms with E-state index in [-0.39, 0.29) is 30.3 Å². The molecular weight excluding hydrogens is 320 g/mol. The van der Waals surface area contributed by atoms with Gasteiger partial charge in [-0.25, -0.2) is 9.48 Å². The zero-order valence-corrected chi connectivity index (χ0v) is 15.0. The monoisotopic (exact) mass is 344 g/mol. The highest BCUT2D eigenvalue weighted by molar-refractivity contribution is 5.89. The summed E-state index contributed by atoms with van der Waals surface area (Å²) in [4.78, 5) is 26.0. The van der Waals surface area contributed by atoms with E-state index in [1.165, 1.54) is 6.20 Å². The zero-order valence-electron chi connectivity index (χ0n) is 15.0. The predicted octanol–water partition coefficient (Wildman–Crippen LogP) is 2.13. The number of benzene rings is 1. The first kappa shape index (κ1) is 18.6. The fraction of sp³-hybridized carbons (Fsp3) is 0.444. The van der Waals surface area contributed by atoms with Crippen LogP contribution in [0.5, 0.6) is 0 Å². The van der Waals surface area contributed by atoms with E-state index in [0.29, 0.717) is 6.54 Å². The van der Waals surface area contributed by atoms with Crippen molar-refractivity contribution in [3.63, 3.8) is 0 Å². The van der Waals surface area contributed by atoms with Gasteiger partial charge in [0.25, 0.3) is 5.91 Å². The lowest BCUT2D eigenvalue weighted by atomic mass is 10.2. The molecule has 2 aromatic rings. The Balaban J connectivity index is 1.92. The molecule has 0 fully saturated rings. The average molecular weight is 344 g/mol. The van der Waals surface area contributed by atoms with Crippen LogP contribution in [0.3, 0.4) is 0 Å². The van der Waals surface area contributed by atoms with Crippen molar-refractivity contribution < 1.29 is 14.3 Å².